The van der Waals surface area contributed by atoms with Crippen LogP contribution in [0.3, 0.4) is 0 Å². The average molecular weight is 403 g/mol. The number of tetrazole rings is 1. The normalized spacial score (nSPS) is 12.0. The summed E-state index contributed by atoms with van der Waals surface area (Å²) in [7, 11) is 1.82. The van der Waals surface area contributed by atoms with Crippen LogP contribution in [0.15, 0.2) is 59.4 Å². The molecule has 0 saturated carbocycles. The SMILES string of the molecule is Cc1ccccc1-n1nnnc1SC/C(O)=C(\C#N)c1nc2ccccc2n1C. The molecule has 4 rings (SSSR count). The Morgan fingerprint density at radius 2 is 1.93 bits per heavy atom. The highest BCUT2D eigenvalue weighted by atomic mass is 32.2. The summed E-state index contributed by atoms with van der Waals surface area (Å²) in [5, 5.41) is 32.6. The first kappa shape index (κ1) is 18.7. The van der Waals surface area contributed by atoms with Gasteiger partial charge in [-0.1, -0.05) is 42.1 Å². The number of hydrogen-bond acceptors (Lipinski definition) is 7. The smallest absolute Gasteiger partial charge is 0.214 e. The molecule has 2 heterocycles. The molecule has 0 saturated heterocycles. The number of aliphatic hydroxyl groups excluding tert-OH is 1. The zero-order valence-electron chi connectivity index (χ0n) is 15.8. The van der Waals surface area contributed by atoms with Crippen molar-refractivity contribution in [2.75, 3.05) is 5.75 Å². The topological polar surface area (TPSA) is 105 Å². The maximum atomic E-state index is 10.6. The average Bonchev–Trinajstić information content (AvgIpc) is 3.33. The molecule has 9 heteroatoms. The van der Waals surface area contributed by atoms with Gasteiger partial charge in [0.1, 0.15) is 17.4 Å². The standard InChI is InChI=1S/C20H17N7OS/c1-13-7-3-5-9-16(13)27-20(23-24-25-27)29-12-18(28)14(11-21)19-22-15-8-4-6-10-17(15)26(19)2/h3-10,28H,12H2,1-2H3/b18-14-. The van der Waals surface area contributed by atoms with Crippen molar-refractivity contribution < 1.29 is 5.11 Å². The summed E-state index contributed by atoms with van der Waals surface area (Å²) in [6.07, 6.45) is 0. The molecule has 0 bridgehead atoms. The number of allylic oxidation sites excluding steroid dienone is 1. The van der Waals surface area contributed by atoms with Crippen molar-refractivity contribution in [2.24, 2.45) is 7.05 Å². The van der Waals surface area contributed by atoms with E-state index in [1.807, 2.05) is 62.5 Å². The van der Waals surface area contributed by atoms with Crippen LogP contribution in [0.5, 0.6) is 0 Å². The van der Waals surface area contributed by atoms with Gasteiger partial charge in [-0.2, -0.15) is 9.94 Å². The summed E-state index contributed by atoms with van der Waals surface area (Å²) < 4.78 is 3.42. The van der Waals surface area contributed by atoms with E-state index in [1.165, 1.54) is 11.8 Å². The number of nitrogens with zero attached hydrogens (tertiary/aromatic N) is 7. The minimum atomic E-state index is -0.0739. The van der Waals surface area contributed by atoms with Gasteiger partial charge in [0, 0.05) is 7.05 Å². The summed E-state index contributed by atoms with van der Waals surface area (Å²) >= 11 is 1.25. The summed E-state index contributed by atoms with van der Waals surface area (Å²) in [5.41, 5.74) is 3.67. The summed E-state index contributed by atoms with van der Waals surface area (Å²) in [5.74, 6) is 0.485. The zero-order valence-corrected chi connectivity index (χ0v) is 16.6. The van der Waals surface area contributed by atoms with Crippen molar-refractivity contribution >= 4 is 28.4 Å². The van der Waals surface area contributed by atoms with Gasteiger partial charge in [0.2, 0.25) is 5.16 Å². The maximum absolute atomic E-state index is 10.6. The lowest BCUT2D eigenvalue weighted by Crippen LogP contribution is -2.03. The number of thioether (sulfide) groups is 1. The number of benzene rings is 2. The molecule has 144 valence electrons. The van der Waals surface area contributed by atoms with Gasteiger partial charge in [-0.05, 0) is 41.1 Å². The maximum Gasteiger partial charge on any atom is 0.214 e. The minimum Gasteiger partial charge on any atom is -0.510 e. The molecule has 0 fully saturated rings. The van der Waals surface area contributed by atoms with E-state index < -0.39 is 0 Å². The van der Waals surface area contributed by atoms with Crippen LogP contribution in [0.2, 0.25) is 0 Å². The Balaban J connectivity index is 1.64. The van der Waals surface area contributed by atoms with Crippen LogP contribution in [0, 0.1) is 18.3 Å². The molecule has 0 radical (unpaired) electrons. The Hall–Kier alpha value is -3.64. The summed E-state index contributed by atoms with van der Waals surface area (Å²) in [6, 6.07) is 17.4. The summed E-state index contributed by atoms with van der Waals surface area (Å²) in [4.78, 5) is 4.49. The van der Waals surface area contributed by atoms with Crippen LogP contribution < -0.4 is 0 Å². The van der Waals surface area contributed by atoms with Crippen LogP contribution >= 0.6 is 11.8 Å². The van der Waals surface area contributed by atoms with Crippen LogP contribution in [0.1, 0.15) is 11.4 Å². The van der Waals surface area contributed by atoms with Gasteiger partial charge in [0.25, 0.3) is 0 Å². The Bertz CT molecular complexity index is 1270. The highest BCUT2D eigenvalue weighted by Crippen LogP contribution is 2.26. The molecule has 4 aromatic rings. The van der Waals surface area contributed by atoms with Gasteiger partial charge in [-0.15, -0.1) is 5.10 Å². The number of fused-ring (bicyclic) bond motifs is 1. The molecule has 0 unspecified atom stereocenters. The lowest BCUT2D eigenvalue weighted by atomic mass is 10.2. The Kier molecular flexibility index (Phi) is 5.01. The Morgan fingerprint density at radius 3 is 2.69 bits per heavy atom. The lowest BCUT2D eigenvalue weighted by molar-refractivity contribution is 0.420. The number of hydrogen-bond donors (Lipinski definition) is 1. The molecule has 1 N–H and O–H groups in total. The van der Waals surface area contributed by atoms with E-state index >= 15 is 0 Å². The lowest BCUT2D eigenvalue weighted by Gasteiger charge is -2.08. The third kappa shape index (κ3) is 3.46. The molecule has 0 amide bonds. The molecule has 2 aromatic heterocycles. The van der Waals surface area contributed by atoms with E-state index in [9.17, 15) is 10.4 Å². The Morgan fingerprint density at radius 1 is 1.17 bits per heavy atom. The highest BCUT2D eigenvalue weighted by molar-refractivity contribution is 7.99. The monoisotopic (exact) mass is 403 g/mol. The van der Waals surface area contributed by atoms with Crippen molar-refractivity contribution in [3.63, 3.8) is 0 Å². The van der Waals surface area contributed by atoms with E-state index in [4.69, 9.17) is 0 Å². The number of aryl methyl sites for hydroxylation is 2. The second kappa shape index (κ2) is 7.77. The van der Waals surface area contributed by atoms with E-state index in [2.05, 4.69) is 26.6 Å². The molecule has 0 aliphatic heterocycles. The van der Waals surface area contributed by atoms with Gasteiger partial charge in [0.05, 0.1) is 22.5 Å². The van der Waals surface area contributed by atoms with Crippen molar-refractivity contribution in [1.82, 2.24) is 29.8 Å². The first-order chi connectivity index (χ1) is 14.1. The van der Waals surface area contributed by atoms with E-state index in [1.54, 1.807) is 9.25 Å². The van der Waals surface area contributed by atoms with Crippen molar-refractivity contribution in [3.8, 4) is 11.8 Å². The largest absolute Gasteiger partial charge is 0.510 e. The second-order valence-corrected chi connectivity index (χ2v) is 7.31. The minimum absolute atomic E-state index is 0.0739. The third-order valence-electron chi connectivity index (χ3n) is 4.53. The van der Waals surface area contributed by atoms with Gasteiger partial charge in [-0.3, -0.25) is 0 Å². The number of aromatic nitrogens is 6. The fourth-order valence-electron chi connectivity index (χ4n) is 3.04. The van der Waals surface area contributed by atoms with E-state index in [0.29, 0.717) is 11.0 Å². The van der Waals surface area contributed by atoms with Crippen LogP contribution in [0.4, 0.5) is 0 Å². The quantitative estimate of drug-likeness (QED) is 0.309. The highest BCUT2D eigenvalue weighted by Gasteiger charge is 2.18. The molecule has 0 atom stereocenters. The number of aliphatic hydroxyl groups is 1. The number of imidazole rings is 1. The molecule has 2 aromatic carbocycles. The Labute approximate surface area is 171 Å². The van der Waals surface area contributed by atoms with Gasteiger partial charge in [0.15, 0.2) is 5.82 Å². The van der Waals surface area contributed by atoms with Crippen LogP contribution in [-0.4, -0.2) is 40.6 Å². The van der Waals surface area contributed by atoms with Crippen molar-refractivity contribution in [1.29, 1.82) is 5.26 Å². The number of para-hydroxylation sites is 3. The first-order valence-electron chi connectivity index (χ1n) is 8.81. The third-order valence-corrected chi connectivity index (χ3v) is 5.46. The second-order valence-electron chi connectivity index (χ2n) is 6.37. The first-order valence-corrected chi connectivity index (χ1v) is 9.80. The molecule has 0 aliphatic carbocycles. The van der Waals surface area contributed by atoms with E-state index in [0.717, 1.165) is 22.3 Å². The van der Waals surface area contributed by atoms with Crippen molar-refractivity contribution in [2.45, 2.75) is 12.1 Å². The molecular weight excluding hydrogens is 386 g/mol. The van der Waals surface area contributed by atoms with Crippen LogP contribution in [0.25, 0.3) is 22.3 Å². The molecule has 8 nitrogen and oxygen atoms in total. The number of rotatable bonds is 5. The fourth-order valence-corrected chi connectivity index (χ4v) is 3.80. The number of nitriles is 1. The van der Waals surface area contributed by atoms with Gasteiger partial charge >= 0.3 is 0 Å². The van der Waals surface area contributed by atoms with Crippen molar-refractivity contribution in [3.05, 3.63) is 65.7 Å². The van der Waals surface area contributed by atoms with E-state index in [-0.39, 0.29) is 17.1 Å². The van der Waals surface area contributed by atoms with Crippen LogP contribution in [-0.2, 0) is 7.05 Å². The molecule has 29 heavy (non-hydrogen) atoms. The predicted molar refractivity (Wildman–Crippen MR) is 110 cm³/mol. The predicted octanol–water partition coefficient (Wildman–Crippen LogP) is 3.44. The fraction of sp³-hybridized carbons (Fsp3) is 0.150. The molecule has 0 spiro atoms. The zero-order chi connectivity index (χ0) is 20.4. The van der Waals surface area contributed by atoms with Gasteiger partial charge in [-0.25, -0.2) is 4.98 Å². The molecule has 0 aliphatic rings. The molecular formula is C20H17N7OS. The summed E-state index contributed by atoms with van der Waals surface area (Å²) in [6.45, 7) is 1.97. The van der Waals surface area contributed by atoms with Gasteiger partial charge < -0.3 is 9.67 Å².